The van der Waals surface area contributed by atoms with E-state index in [0.717, 1.165) is 50.9 Å². The van der Waals surface area contributed by atoms with Crippen LogP contribution in [0.5, 0.6) is 0 Å². The maximum Gasteiger partial charge on any atom is 0.274 e. The number of halogens is 2. The maximum atomic E-state index is 14.6. The van der Waals surface area contributed by atoms with Gasteiger partial charge in [0.25, 0.3) is 11.8 Å². The number of aromatic nitrogens is 4. The standard InChI is InChI=1S/C35H46Cl2N8O2/c1-33(2,3)12-11-28(17-23-7-9-24(10-8-23)31(46)38-21-29-40-42-43-41-29)45-32(47)30(25-18-26(36)20-27(37)19-25)39-35(45)13-15-44(16-14-35)22-34(4,5)6/h7-10,18-20,28H,11-17,21-22H2,1-6H3,(H,38,46)(H,40,41,42,43). The number of piperidine rings is 1. The van der Waals surface area contributed by atoms with Gasteiger partial charge in [0.2, 0.25) is 0 Å². The van der Waals surface area contributed by atoms with Crippen LogP contribution in [0.1, 0.15) is 94.5 Å². The minimum Gasteiger partial charge on any atom is -0.345 e. The fourth-order valence-electron chi connectivity index (χ4n) is 6.60. The SMILES string of the molecule is CC(C)(C)CCC(Cc1ccc(C(=O)NCc2nn[nH]n2)cc1)N1C(=O)C(c2cc(Cl)cc(Cl)c2)=NC12CCN(CC(C)(C)C)CC2. The average molecular weight is 682 g/mol. The summed E-state index contributed by atoms with van der Waals surface area (Å²) in [6, 6.07) is 12.7. The van der Waals surface area contributed by atoms with Crippen molar-refractivity contribution in [2.24, 2.45) is 15.8 Å². The topological polar surface area (TPSA) is 119 Å². The molecule has 0 aliphatic carbocycles. The van der Waals surface area contributed by atoms with Crippen LogP contribution in [0.15, 0.2) is 47.5 Å². The summed E-state index contributed by atoms with van der Waals surface area (Å²) >= 11 is 12.8. The first-order chi connectivity index (χ1) is 22.1. The van der Waals surface area contributed by atoms with E-state index in [0.29, 0.717) is 39.1 Å². The molecule has 2 aromatic carbocycles. The molecule has 1 atom stereocenters. The molecule has 0 radical (unpaired) electrons. The molecule has 1 unspecified atom stereocenters. The summed E-state index contributed by atoms with van der Waals surface area (Å²) in [5.74, 6) is 0.107. The van der Waals surface area contributed by atoms with E-state index in [-0.39, 0.29) is 35.2 Å². The van der Waals surface area contributed by atoms with Gasteiger partial charge in [-0.25, -0.2) is 0 Å². The molecule has 1 aromatic heterocycles. The summed E-state index contributed by atoms with van der Waals surface area (Å²) in [6.45, 7) is 16.3. The lowest BCUT2D eigenvalue weighted by Gasteiger charge is -2.47. The Balaban J connectivity index is 1.44. The van der Waals surface area contributed by atoms with Gasteiger partial charge >= 0.3 is 0 Å². The van der Waals surface area contributed by atoms with E-state index in [4.69, 9.17) is 28.2 Å². The van der Waals surface area contributed by atoms with Gasteiger partial charge in [-0.15, -0.1) is 10.2 Å². The summed E-state index contributed by atoms with van der Waals surface area (Å²) in [5.41, 5.74) is 2.25. The van der Waals surface area contributed by atoms with Crippen LogP contribution < -0.4 is 5.32 Å². The Hall–Kier alpha value is -3.34. The van der Waals surface area contributed by atoms with Crippen molar-refractivity contribution in [2.45, 2.75) is 91.9 Å². The predicted molar refractivity (Wildman–Crippen MR) is 186 cm³/mol. The first kappa shape index (κ1) is 35.0. The monoisotopic (exact) mass is 680 g/mol. The number of amides is 2. The first-order valence-corrected chi connectivity index (χ1v) is 17.1. The summed E-state index contributed by atoms with van der Waals surface area (Å²) in [5, 5.41) is 17.4. The van der Waals surface area contributed by atoms with Crippen molar-refractivity contribution in [2.75, 3.05) is 19.6 Å². The molecule has 0 bridgehead atoms. The lowest BCUT2D eigenvalue weighted by atomic mass is 9.85. The van der Waals surface area contributed by atoms with E-state index in [9.17, 15) is 9.59 Å². The second-order valence-electron chi connectivity index (χ2n) is 15.3. The molecule has 2 amide bonds. The molecular formula is C35H46Cl2N8O2. The van der Waals surface area contributed by atoms with Gasteiger partial charge in [0, 0.05) is 59.7 Å². The fraction of sp³-hybridized carbons (Fsp3) is 0.543. The van der Waals surface area contributed by atoms with Crippen LogP contribution in [0.3, 0.4) is 0 Å². The number of aliphatic imine (C=N–C) groups is 1. The molecule has 2 aliphatic heterocycles. The van der Waals surface area contributed by atoms with E-state index in [1.807, 2.05) is 24.3 Å². The lowest BCUT2D eigenvalue weighted by Crippen LogP contribution is -2.58. The van der Waals surface area contributed by atoms with Gasteiger partial charge in [0.15, 0.2) is 5.82 Å². The highest BCUT2D eigenvalue weighted by atomic mass is 35.5. The smallest absolute Gasteiger partial charge is 0.274 e. The Morgan fingerprint density at radius 1 is 1.00 bits per heavy atom. The Morgan fingerprint density at radius 2 is 1.66 bits per heavy atom. The van der Waals surface area contributed by atoms with E-state index < -0.39 is 5.66 Å². The van der Waals surface area contributed by atoms with Gasteiger partial charge in [-0.05, 0) is 66.0 Å². The summed E-state index contributed by atoms with van der Waals surface area (Å²) in [6.07, 6.45) is 3.88. The minimum atomic E-state index is -0.660. The van der Waals surface area contributed by atoms with Gasteiger partial charge in [0.1, 0.15) is 11.4 Å². The molecule has 2 aliphatic rings. The third-order valence-corrected chi connectivity index (χ3v) is 9.19. The molecule has 0 saturated carbocycles. The number of likely N-dealkylation sites (tertiary alicyclic amines) is 1. The van der Waals surface area contributed by atoms with Crippen molar-refractivity contribution in [3.05, 3.63) is 75.0 Å². The molecule has 1 fully saturated rings. The van der Waals surface area contributed by atoms with Gasteiger partial charge < -0.3 is 15.1 Å². The number of nitrogens with zero attached hydrogens (tertiary/aromatic N) is 6. The van der Waals surface area contributed by atoms with Gasteiger partial charge in [0.05, 0.1) is 6.54 Å². The van der Waals surface area contributed by atoms with E-state index in [2.05, 4.69) is 77.3 Å². The minimum absolute atomic E-state index is 0.0784. The Morgan fingerprint density at radius 3 is 2.23 bits per heavy atom. The van der Waals surface area contributed by atoms with E-state index in [1.54, 1.807) is 18.2 Å². The molecule has 3 aromatic rings. The quantitative estimate of drug-likeness (QED) is 0.258. The van der Waals surface area contributed by atoms with Crippen molar-refractivity contribution >= 4 is 40.7 Å². The van der Waals surface area contributed by atoms with Crippen LogP contribution in [0, 0.1) is 10.8 Å². The number of hydrogen-bond acceptors (Lipinski definition) is 7. The van der Waals surface area contributed by atoms with Gasteiger partial charge in [-0.2, -0.15) is 5.21 Å². The summed E-state index contributed by atoms with van der Waals surface area (Å²) in [4.78, 5) is 37.3. The third kappa shape index (κ3) is 8.97. The van der Waals surface area contributed by atoms with Crippen molar-refractivity contribution in [1.82, 2.24) is 35.7 Å². The average Bonchev–Trinajstić information content (AvgIpc) is 3.60. The molecule has 5 rings (SSSR count). The van der Waals surface area contributed by atoms with Crippen molar-refractivity contribution < 1.29 is 9.59 Å². The largest absolute Gasteiger partial charge is 0.345 e. The number of benzene rings is 2. The summed E-state index contributed by atoms with van der Waals surface area (Å²) in [7, 11) is 0. The maximum absolute atomic E-state index is 14.6. The molecular weight excluding hydrogens is 635 g/mol. The van der Waals surface area contributed by atoms with Crippen LogP contribution in [-0.4, -0.2) is 79.3 Å². The van der Waals surface area contributed by atoms with E-state index >= 15 is 0 Å². The van der Waals surface area contributed by atoms with Crippen LogP contribution >= 0.6 is 23.2 Å². The molecule has 12 heteroatoms. The number of rotatable bonds is 10. The van der Waals surface area contributed by atoms with Crippen LogP contribution in [-0.2, 0) is 17.8 Å². The molecule has 47 heavy (non-hydrogen) atoms. The number of tetrazole rings is 1. The lowest BCUT2D eigenvalue weighted by molar-refractivity contribution is -0.133. The number of nitrogens with one attached hydrogen (secondary N) is 2. The Labute approximate surface area is 287 Å². The molecule has 3 heterocycles. The number of carbonyl (C=O) groups excluding carboxylic acids is 2. The Bertz CT molecular complexity index is 1560. The van der Waals surface area contributed by atoms with Gasteiger partial charge in [-0.3, -0.25) is 14.6 Å². The predicted octanol–water partition coefficient (Wildman–Crippen LogP) is 6.34. The highest BCUT2D eigenvalue weighted by molar-refractivity contribution is 6.47. The zero-order valence-electron chi connectivity index (χ0n) is 28.2. The van der Waals surface area contributed by atoms with Crippen molar-refractivity contribution in [3.63, 3.8) is 0 Å². The summed E-state index contributed by atoms with van der Waals surface area (Å²) < 4.78 is 0. The third-order valence-electron chi connectivity index (χ3n) is 8.76. The zero-order valence-corrected chi connectivity index (χ0v) is 29.8. The van der Waals surface area contributed by atoms with Gasteiger partial charge in [-0.1, -0.05) is 82.1 Å². The van der Waals surface area contributed by atoms with Crippen LogP contribution in [0.4, 0.5) is 0 Å². The first-order valence-electron chi connectivity index (χ1n) is 16.3. The molecule has 10 nitrogen and oxygen atoms in total. The molecule has 2 N–H and O–H groups in total. The molecule has 1 spiro atoms. The second kappa shape index (κ2) is 14.0. The highest BCUT2D eigenvalue weighted by Gasteiger charge is 2.51. The molecule has 1 saturated heterocycles. The van der Waals surface area contributed by atoms with Crippen LogP contribution in [0.25, 0.3) is 0 Å². The normalized spacial score (nSPS) is 17.7. The fourth-order valence-corrected chi connectivity index (χ4v) is 7.12. The number of H-pyrrole nitrogens is 1. The second-order valence-corrected chi connectivity index (χ2v) is 16.2. The van der Waals surface area contributed by atoms with Crippen molar-refractivity contribution in [1.29, 1.82) is 0 Å². The molecule has 252 valence electrons. The number of carbonyl (C=O) groups is 2. The van der Waals surface area contributed by atoms with Crippen LogP contribution in [0.2, 0.25) is 10.0 Å². The Kier molecular flexibility index (Phi) is 10.4. The van der Waals surface area contributed by atoms with Crippen molar-refractivity contribution in [3.8, 4) is 0 Å². The number of hydrogen-bond donors (Lipinski definition) is 2. The number of aromatic amines is 1. The highest BCUT2D eigenvalue weighted by Crippen LogP contribution is 2.41. The van der Waals surface area contributed by atoms with E-state index in [1.165, 1.54) is 0 Å². The zero-order chi connectivity index (χ0) is 34.0.